The highest BCUT2D eigenvalue weighted by molar-refractivity contribution is 7.92. The van der Waals surface area contributed by atoms with Crippen molar-refractivity contribution in [1.29, 1.82) is 0 Å². The number of sulfonamides is 1. The molecule has 3 atom stereocenters. The number of thiocarbonyl (C=S) groups is 1. The molecule has 6 heteroatoms. The van der Waals surface area contributed by atoms with Gasteiger partial charge in [0.2, 0.25) is 10.0 Å². The Balaban J connectivity index is 2.08. The molecule has 1 aliphatic carbocycles. The van der Waals surface area contributed by atoms with Crippen LogP contribution in [0.4, 0.5) is 0 Å². The summed E-state index contributed by atoms with van der Waals surface area (Å²) in [7, 11) is -3.34. The number of nitrogens with two attached hydrogens (primary N) is 1. The van der Waals surface area contributed by atoms with Crippen LogP contribution in [0, 0.1) is 11.8 Å². The van der Waals surface area contributed by atoms with E-state index in [-0.39, 0.29) is 4.99 Å². The highest BCUT2D eigenvalue weighted by Gasteiger charge is 2.38. The van der Waals surface area contributed by atoms with Crippen LogP contribution in [-0.4, -0.2) is 36.1 Å². The lowest BCUT2D eigenvalue weighted by atomic mass is 9.76. The predicted molar refractivity (Wildman–Crippen MR) is 76.8 cm³/mol. The summed E-state index contributed by atoms with van der Waals surface area (Å²) in [5.41, 5.74) is 5.49. The number of rotatable bonds is 3. The Kier molecular flexibility index (Phi) is 4.29. The van der Waals surface area contributed by atoms with Crippen molar-refractivity contribution in [3.8, 4) is 0 Å². The molecule has 2 fully saturated rings. The fourth-order valence-electron chi connectivity index (χ4n) is 3.17. The fraction of sp³-hybridized carbons (Fsp3) is 0.917. The Labute approximate surface area is 115 Å². The summed E-state index contributed by atoms with van der Waals surface area (Å²) in [5.74, 6) is 1.27. The molecule has 2 aliphatic rings. The van der Waals surface area contributed by atoms with E-state index in [0.717, 1.165) is 18.8 Å². The van der Waals surface area contributed by atoms with Gasteiger partial charge in [-0.2, -0.15) is 0 Å². The fourth-order valence-corrected chi connectivity index (χ4v) is 5.03. The zero-order chi connectivity index (χ0) is 13.3. The number of hydrogen-bond donors (Lipinski definition) is 1. The molecule has 1 saturated carbocycles. The van der Waals surface area contributed by atoms with Gasteiger partial charge in [-0.05, 0) is 31.6 Å². The highest BCUT2D eigenvalue weighted by Crippen LogP contribution is 2.37. The van der Waals surface area contributed by atoms with Gasteiger partial charge in [0, 0.05) is 13.1 Å². The molecule has 0 amide bonds. The van der Waals surface area contributed by atoms with Gasteiger partial charge in [0.05, 0.1) is 4.99 Å². The Bertz CT molecular complexity index is 422. The van der Waals surface area contributed by atoms with Gasteiger partial charge in [-0.15, -0.1) is 0 Å². The van der Waals surface area contributed by atoms with Gasteiger partial charge in [-0.25, -0.2) is 12.7 Å². The van der Waals surface area contributed by atoms with Crippen molar-refractivity contribution in [3.05, 3.63) is 0 Å². The predicted octanol–water partition coefficient (Wildman–Crippen LogP) is 1.50. The average molecular weight is 290 g/mol. The molecule has 4 nitrogen and oxygen atoms in total. The van der Waals surface area contributed by atoms with E-state index in [2.05, 4.69) is 0 Å². The lowest BCUT2D eigenvalue weighted by Crippen LogP contribution is -2.49. The summed E-state index contributed by atoms with van der Waals surface area (Å²) in [6, 6.07) is 0. The molecule has 2 N–H and O–H groups in total. The van der Waals surface area contributed by atoms with Crippen LogP contribution in [0.1, 0.15) is 39.0 Å². The smallest absolute Gasteiger partial charge is 0.223 e. The van der Waals surface area contributed by atoms with Crippen LogP contribution in [0.5, 0.6) is 0 Å². The first-order valence-corrected chi connectivity index (χ1v) is 8.62. The van der Waals surface area contributed by atoms with E-state index >= 15 is 0 Å². The average Bonchev–Trinajstić information content (AvgIpc) is 2.37. The molecule has 0 radical (unpaired) electrons. The molecule has 1 saturated heterocycles. The summed E-state index contributed by atoms with van der Waals surface area (Å²) in [6.07, 6.45) is 5.96. The van der Waals surface area contributed by atoms with Crippen LogP contribution in [0.2, 0.25) is 0 Å². The molecule has 1 heterocycles. The molecule has 2 rings (SSSR count). The first-order chi connectivity index (χ1) is 8.43. The van der Waals surface area contributed by atoms with Crippen LogP contribution in [0.25, 0.3) is 0 Å². The minimum absolute atomic E-state index is 0.0702. The molecule has 1 aliphatic heterocycles. The number of piperidine rings is 1. The maximum absolute atomic E-state index is 12.4. The van der Waals surface area contributed by atoms with Crippen LogP contribution < -0.4 is 5.73 Å². The Morgan fingerprint density at radius 2 is 1.89 bits per heavy atom. The van der Waals surface area contributed by atoms with E-state index < -0.39 is 15.3 Å². The maximum Gasteiger partial charge on any atom is 0.223 e. The van der Waals surface area contributed by atoms with Gasteiger partial charge in [-0.3, -0.25) is 0 Å². The van der Waals surface area contributed by atoms with Crippen LogP contribution >= 0.6 is 12.2 Å². The van der Waals surface area contributed by atoms with Crippen LogP contribution in [-0.2, 0) is 10.0 Å². The molecule has 18 heavy (non-hydrogen) atoms. The van der Waals surface area contributed by atoms with Crippen LogP contribution in [0.15, 0.2) is 0 Å². The molecule has 104 valence electrons. The Hall–Kier alpha value is -0.200. The van der Waals surface area contributed by atoms with Crippen molar-refractivity contribution in [2.75, 3.05) is 13.1 Å². The van der Waals surface area contributed by atoms with Gasteiger partial charge >= 0.3 is 0 Å². The molecule has 0 aromatic carbocycles. The van der Waals surface area contributed by atoms with Gasteiger partial charge in [0.25, 0.3) is 0 Å². The first kappa shape index (κ1) is 14.2. The molecule has 0 aromatic rings. The van der Waals surface area contributed by atoms with Gasteiger partial charge in [0.1, 0.15) is 5.25 Å². The Morgan fingerprint density at radius 1 is 1.28 bits per heavy atom. The molecule has 0 bridgehead atoms. The summed E-state index contributed by atoms with van der Waals surface area (Å²) < 4.78 is 26.3. The minimum Gasteiger partial charge on any atom is -0.392 e. The van der Waals surface area contributed by atoms with Crippen LogP contribution in [0.3, 0.4) is 0 Å². The van der Waals surface area contributed by atoms with Gasteiger partial charge in [-0.1, -0.05) is 31.5 Å². The SMILES string of the molecule is CC(C(N)=S)S(=O)(=O)N1CCC2CCCCC2C1. The third-order valence-electron chi connectivity index (χ3n) is 4.46. The lowest BCUT2D eigenvalue weighted by molar-refractivity contribution is 0.136. The van der Waals surface area contributed by atoms with Crippen molar-refractivity contribution in [3.63, 3.8) is 0 Å². The third-order valence-corrected chi connectivity index (χ3v) is 7.16. The summed E-state index contributed by atoms with van der Waals surface area (Å²) in [6.45, 7) is 2.89. The highest BCUT2D eigenvalue weighted by atomic mass is 32.2. The Morgan fingerprint density at radius 3 is 2.50 bits per heavy atom. The van der Waals surface area contributed by atoms with E-state index in [4.69, 9.17) is 18.0 Å². The maximum atomic E-state index is 12.4. The van der Waals surface area contributed by atoms with Crippen molar-refractivity contribution in [1.82, 2.24) is 4.31 Å². The summed E-state index contributed by atoms with van der Waals surface area (Å²) in [5, 5.41) is -0.743. The number of fused-ring (bicyclic) bond motifs is 1. The van der Waals surface area contributed by atoms with E-state index in [0.29, 0.717) is 19.0 Å². The number of hydrogen-bond acceptors (Lipinski definition) is 3. The van der Waals surface area contributed by atoms with Gasteiger partial charge < -0.3 is 5.73 Å². The van der Waals surface area contributed by atoms with E-state index in [9.17, 15) is 8.42 Å². The second-order valence-corrected chi connectivity index (χ2v) is 8.27. The van der Waals surface area contributed by atoms with Gasteiger partial charge in [0.15, 0.2) is 0 Å². The van der Waals surface area contributed by atoms with E-state index in [1.54, 1.807) is 11.2 Å². The largest absolute Gasteiger partial charge is 0.392 e. The zero-order valence-electron chi connectivity index (χ0n) is 10.8. The zero-order valence-corrected chi connectivity index (χ0v) is 12.5. The van der Waals surface area contributed by atoms with Crippen molar-refractivity contribution >= 4 is 27.2 Å². The van der Waals surface area contributed by atoms with Crippen molar-refractivity contribution in [2.45, 2.75) is 44.3 Å². The monoisotopic (exact) mass is 290 g/mol. The summed E-state index contributed by atoms with van der Waals surface area (Å²) in [4.78, 5) is 0.0702. The molecular formula is C12H22N2O2S2. The topological polar surface area (TPSA) is 63.4 Å². The molecule has 0 spiro atoms. The second-order valence-electron chi connectivity index (χ2n) is 5.54. The molecule has 3 unspecified atom stereocenters. The quantitative estimate of drug-likeness (QED) is 0.800. The minimum atomic E-state index is -3.34. The normalized spacial score (nSPS) is 31.6. The first-order valence-electron chi connectivity index (χ1n) is 6.71. The lowest BCUT2D eigenvalue weighted by Gasteiger charge is -2.41. The van der Waals surface area contributed by atoms with E-state index in [1.807, 2.05) is 0 Å². The number of nitrogens with zero attached hydrogens (tertiary/aromatic N) is 1. The standard InChI is InChI=1S/C12H22N2O2S2/c1-9(12(13)17)18(15,16)14-7-6-10-4-2-3-5-11(10)8-14/h9-11H,2-8H2,1H3,(H2,13,17). The summed E-state index contributed by atoms with van der Waals surface area (Å²) >= 11 is 4.82. The molecular weight excluding hydrogens is 268 g/mol. The van der Waals surface area contributed by atoms with Crippen molar-refractivity contribution < 1.29 is 8.42 Å². The molecule has 0 aromatic heterocycles. The van der Waals surface area contributed by atoms with E-state index in [1.165, 1.54) is 19.3 Å². The van der Waals surface area contributed by atoms with Crippen molar-refractivity contribution in [2.24, 2.45) is 17.6 Å². The second kappa shape index (κ2) is 5.43. The third kappa shape index (κ3) is 2.70.